The molecule has 7 nitrogen and oxygen atoms in total. The van der Waals surface area contributed by atoms with E-state index in [0.29, 0.717) is 32.5 Å². The average Bonchev–Trinajstić information content (AvgIpc) is 2.94. The van der Waals surface area contributed by atoms with Crippen molar-refractivity contribution in [3.63, 3.8) is 0 Å². The molecular formula is C16H27N3O4. The highest BCUT2D eigenvalue weighted by molar-refractivity contribution is 5.88. The van der Waals surface area contributed by atoms with Crippen LogP contribution in [0.25, 0.3) is 0 Å². The molecule has 2 saturated heterocycles. The summed E-state index contributed by atoms with van der Waals surface area (Å²) in [5, 5.41) is 12.0. The fourth-order valence-electron chi connectivity index (χ4n) is 3.52. The topological polar surface area (TPSA) is 90.0 Å². The van der Waals surface area contributed by atoms with Gasteiger partial charge in [-0.05, 0) is 39.0 Å². The molecule has 2 N–H and O–H groups in total. The van der Waals surface area contributed by atoms with Crippen LogP contribution in [0.1, 0.15) is 40.0 Å². The van der Waals surface area contributed by atoms with Gasteiger partial charge in [-0.25, -0.2) is 4.79 Å². The zero-order valence-corrected chi connectivity index (χ0v) is 14.1. The van der Waals surface area contributed by atoms with Crippen LogP contribution in [0.5, 0.6) is 0 Å². The summed E-state index contributed by atoms with van der Waals surface area (Å²) in [7, 11) is 0. The summed E-state index contributed by atoms with van der Waals surface area (Å²) in [5.74, 6) is -1.28. The summed E-state index contributed by atoms with van der Waals surface area (Å²) < 4.78 is 0. The van der Waals surface area contributed by atoms with Crippen LogP contribution in [0.4, 0.5) is 4.79 Å². The molecule has 0 aromatic rings. The molecule has 2 heterocycles. The first-order valence-corrected chi connectivity index (χ1v) is 8.40. The molecule has 2 aliphatic heterocycles. The monoisotopic (exact) mass is 325 g/mol. The van der Waals surface area contributed by atoms with Crippen molar-refractivity contribution >= 4 is 17.9 Å². The Labute approximate surface area is 137 Å². The van der Waals surface area contributed by atoms with E-state index in [-0.39, 0.29) is 29.8 Å². The number of aliphatic carboxylic acids is 1. The van der Waals surface area contributed by atoms with E-state index in [1.54, 1.807) is 9.80 Å². The number of carbonyl (C=O) groups excluding carboxylic acids is 2. The third-order valence-corrected chi connectivity index (χ3v) is 4.75. The van der Waals surface area contributed by atoms with Crippen LogP contribution >= 0.6 is 0 Å². The number of nitrogens with one attached hydrogen (secondary N) is 1. The Morgan fingerprint density at radius 3 is 2.43 bits per heavy atom. The number of rotatable bonds is 3. The van der Waals surface area contributed by atoms with Crippen molar-refractivity contribution in [2.75, 3.05) is 19.6 Å². The van der Waals surface area contributed by atoms with Gasteiger partial charge >= 0.3 is 12.0 Å². The summed E-state index contributed by atoms with van der Waals surface area (Å²) in [6.45, 7) is 7.15. The second-order valence-electron chi connectivity index (χ2n) is 6.95. The van der Waals surface area contributed by atoms with Crippen molar-refractivity contribution in [2.45, 2.75) is 52.1 Å². The number of amides is 3. The zero-order chi connectivity index (χ0) is 17.1. The quantitative estimate of drug-likeness (QED) is 0.814. The van der Waals surface area contributed by atoms with E-state index in [2.05, 4.69) is 5.32 Å². The standard InChI is InChI=1S/C16H27N3O4/c1-10(2)17-16(23)19-7-4-5-13(19)14(20)18-8-6-12(15(21)22)11(3)9-18/h10-13H,4-9H2,1-3H3,(H,17,23)(H,21,22)/t11?,12?,13-/m0/s1. The van der Waals surface area contributed by atoms with Crippen LogP contribution in [0.3, 0.4) is 0 Å². The SMILES string of the molecule is CC(C)NC(=O)N1CCC[C@H]1C(=O)N1CCC(C(=O)O)C(C)C1. The molecular weight excluding hydrogens is 298 g/mol. The lowest BCUT2D eigenvalue weighted by Gasteiger charge is -2.37. The first-order valence-electron chi connectivity index (χ1n) is 8.40. The number of carbonyl (C=O) groups is 3. The molecule has 0 saturated carbocycles. The van der Waals surface area contributed by atoms with Crippen LogP contribution in [0.2, 0.25) is 0 Å². The molecule has 7 heteroatoms. The Hall–Kier alpha value is -1.79. The Bertz CT molecular complexity index is 480. The maximum Gasteiger partial charge on any atom is 0.318 e. The molecule has 2 aliphatic rings. The highest BCUT2D eigenvalue weighted by Crippen LogP contribution is 2.26. The Morgan fingerprint density at radius 2 is 1.87 bits per heavy atom. The summed E-state index contributed by atoms with van der Waals surface area (Å²) in [5.41, 5.74) is 0. The van der Waals surface area contributed by atoms with Gasteiger partial charge in [0.1, 0.15) is 6.04 Å². The number of piperidine rings is 1. The van der Waals surface area contributed by atoms with Crippen molar-refractivity contribution in [3.05, 3.63) is 0 Å². The molecule has 0 aromatic carbocycles. The minimum atomic E-state index is -0.789. The van der Waals surface area contributed by atoms with Crippen molar-refractivity contribution < 1.29 is 19.5 Å². The van der Waals surface area contributed by atoms with Gasteiger partial charge in [-0.2, -0.15) is 0 Å². The largest absolute Gasteiger partial charge is 0.481 e. The first kappa shape index (κ1) is 17.6. The Morgan fingerprint density at radius 1 is 1.17 bits per heavy atom. The first-order chi connectivity index (χ1) is 10.8. The lowest BCUT2D eigenvalue weighted by Crippen LogP contribution is -2.54. The molecule has 2 unspecified atom stereocenters. The van der Waals surface area contributed by atoms with Gasteiger partial charge in [0.15, 0.2) is 0 Å². The van der Waals surface area contributed by atoms with E-state index in [1.807, 2.05) is 20.8 Å². The van der Waals surface area contributed by atoms with E-state index >= 15 is 0 Å². The highest BCUT2D eigenvalue weighted by atomic mass is 16.4. The lowest BCUT2D eigenvalue weighted by molar-refractivity contribution is -0.149. The van der Waals surface area contributed by atoms with Crippen LogP contribution < -0.4 is 5.32 Å². The van der Waals surface area contributed by atoms with Crippen molar-refractivity contribution in [3.8, 4) is 0 Å². The molecule has 0 radical (unpaired) electrons. The van der Waals surface area contributed by atoms with E-state index < -0.39 is 12.0 Å². The molecule has 0 spiro atoms. The highest BCUT2D eigenvalue weighted by Gasteiger charge is 2.40. The minimum absolute atomic E-state index is 0.0326. The van der Waals surface area contributed by atoms with E-state index in [4.69, 9.17) is 0 Å². The van der Waals surface area contributed by atoms with E-state index in [1.165, 1.54) is 0 Å². The van der Waals surface area contributed by atoms with Crippen LogP contribution in [-0.2, 0) is 9.59 Å². The normalized spacial score (nSPS) is 28.1. The zero-order valence-electron chi connectivity index (χ0n) is 14.1. The molecule has 3 atom stereocenters. The molecule has 2 rings (SSSR count). The predicted octanol–water partition coefficient (Wildman–Crippen LogP) is 1.14. The second-order valence-corrected chi connectivity index (χ2v) is 6.95. The average molecular weight is 325 g/mol. The van der Waals surface area contributed by atoms with Crippen molar-refractivity contribution in [1.29, 1.82) is 0 Å². The van der Waals surface area contributed by atoms with E-state index in [9.17, 15) is 19.5 Å². The van der Waals surface area contributed by atoms with Crippen LogP contribution in [0.15, 0.2) is 0 Å². The van der Waals surface area contributed by atoms with Gasteiger partial charge in [-0.3, -0.25) is 9.59 Å². The number of likely N-dealkylation sites (tertiary alicyclic amines) is 2. The fraction of sp³-hybridized carbons (Fsp3) is 0.812. The van der Waals surface area contributed by atoms with Crippen LogP contribution in [0, 0.1) is 11.8 Å². The Kier molecular flexibility index (Phi) is 5.49. The number of carboxylic acid groups (broad SMARTS) is 1. The smallest absolute Gasteiger partial charge is 0.318 e. The molecule has 3 amide bonds. The van der Waals surface area contributed by atoms with Crippen molar-refractivity contribution in [1.82, 2.24) is 15.1 Å². The maximum atomic E-state index is 12.8. The number of urea groups is 1. The van der Waals surface area contributed by atoms with Crippen LogP contribution in [-0.4, -0.2) is 64.5 Å². The second kappa shape index (κ2) is 7.19. The number of carboxylic acids is 1. The number of hydrogen-bond donors (Lipinski definition) is 2. The molecule has 0 aromatic heterocycles. The molecule has 2 fully saturated rings. The maximum absolute atomic E-state index is 12.8. The van der Waals surface area contributed by atoms with Crippen molar-refractivity contribution in [2.24, 2.45) is 11.8 Å². The van der Waals surface area contributed by atoms with Gasteiger partial charge < -0.3 is 20.2 Å². The number of hydrogen-bond acceptors (Lipinski definition) is 3. The molecule has 0 aliphatic carbocycles. The third-order valence-electron chi connectivity index (χ3n) is 4.75. The van der Waals surface area contributed by atoms with Gasteiger partial charge in [0.25, 0.3) is 0 Å². The van der Waals surface area contributed by atoms with Gasteiger partial charge in [-0.1, -0.05) is 6.92 Å². The molecule has 130 valence electrons. The molecule has 23 heavy (non-hydrogen) atoms. The predicted molar refractivity (Wildman–Crippen MR) is 84.9 cm³/mol. The van der Waals surface area contributed by atoms with Gasteiger partial charge in [0.05, 0.1) is 5.92 Å². The summed E-state index contributed by atoms with van der Waals surface area (Å²) in [6, 6.07) is -0.572. The van der Waals surface area contributed by atoms with Gasteiger partial charge in [0.2, 0.25) is 5.91 Å². The number of nitrogens with zero attached hydrogens (tertiary/aromatic N) is 2. The van der Waals surface area contributed by atoms with Gasteiger partial charge in [-0.15, -0.1) is 0 Å². The minimum Gasteiger partial charge on any atom is -0.481 e. The summed E-state index contributed by atoms with van der Waals surface area (Å²) >= 11 is 0. The third kappa shape index (κ3) is 3.95. The molecule has 0 bridgehead atoms. The van der Waals surface area contributed by atoms with Gasteiger partial charge in [0, 0.05) is 25.7 Å². The Balaban J connectivity index is 1.99. The fourth-order valence-corrected chi connectivity index (χ4v) is 3.52. The lowest BCUT2D eigenvalue weighted by atomic mass is 9.86. The van der Waals surface area contributed by atoms with E-state index in [0.717, 1.165) is 6.42 Å². The summed E-state index contributed by atoms with van der Waals surface area (Å²) in [6.07, 6.45) is 1.98. The summed E-state index contributed by atoms with van der Waals surface area (Å²) in [4.78, 5) is 39.5.